The van der Waals surface area contributed by atoms with E-state index in [1.165, 1.54) is 10.7 Å². The van der Waals surface area contributed by atoms with Crippen molar-refractivity contribution in [1.29, 1.82) is 0 Å². The molecule has 1 aliphatic heterocycles. The molecule has 182 valence electrons. The number of fused-ring (bicyclic) bond motifs is 1. The molecule has 2 aromatic heterocycles. The van der Waals surface area contributed by atoms with Crippen molar-refractivity contribution in [3.8, 4) is 0 Å². The van der Waals surface area contributed by atoms with Crippen molar-refractivity contribution in [2.24, 2.45) is 0 Å². The number of benzene rings is 1. The van der Waals surface area contributed by atoms with Crippen LogP contribution >= 0.6 is 13.5 Å². The van der Waals surface area contributed by atoms with E-state index in [9.17, 15) is 22.4 Å². The number of halogens is 4. The lowest BCUT2D eigenvalue weighted by atomic mass is 10.1. The van der Waals surface area contributed by atoms with Crippen LogP contribution in [0.25, 0.3) is 0 Å². The maximum Gasteiger partial charge on any atom is 0.419 e. The van der Waals surface area contributed by atoms with Crippen LogP contribution < -0.4 is 10.2 Å². The first-order valence-electron chi connectivity index (χ1n) is 10.3. The van der Waals surface area contributed by atoms with Crippen LogP contribution in [0.15, 0.2) is 30.5 Å². The molecule has 12 heteroatoms. The lowest BCUT2D eigenvalue weighted by molar-refractivity contribution is -0.140. The Bertz CT molecular complexity index is 1210. The minimum Gasteiger partial charge on any atom is -0.361 e. The maximum absolute atomic E-state index is 13.5. The van der Waals surface area contributed by atoms with E-state index in [-0.39, 0.29) is 37.6 Å². The molecule has 1 N–H and O–H groups in total. The zero-order chi connectivity index (χ0) is 23.9. The van der Waals surface area contributed by atoms with E-state index in [1.54, 1.807) is 6.20 Å². The van der Waals surface area contributed by atoms with E-state index >= 15 is 0 Å². The average Bonchev–Trinajstić information content (AvgIpc) is 3.19. The summed E-state index contributed by atoms with van der Waals surface area (Å²) in [6.45, 7) is 3.69. The highest BCUT2D eigenvalue weighted by molar-refractivity contribution is 7.59. The lowest BCUT2D eigenvalue weighted by Gasteiger charge is -2.34. The van der Waals surface area contributed by atoms with Gasteiger partial charge in [-0.1, -0.05) is 11.3 Å². The number of hydrogen-bond acceptors (Lipinski definition) is 5. The van der Waals surface area contributed by atoms with Crippen molar-refractivity contribution >= 4 is 30.8 Å². The van der Waals surface area contributed by atoms with E-state index in [4.69, 9.17) is 0 Å². The van der Waals surface area contributed by atoms with Crippen molar-refractivity contribution in [1.82, 2.24) is 20.0 Å². The summed E-state index contributed by atoms with van der Waals surface area (Å²) in [7, 11) is 1.86. The Morgan fingerprint density at radius 1 is 1.15 bits per heavy atom. The Morgan fingerprint density at radius 2 is 1.85 bits per heavy atom. The number of aromatic nitrogens is 4. The zero-order valence-corrected chi connectivity index (χ0v) is 19.7. The molecule has 3 heterocycles. The number of hydrogen-bond donors (Lipinski definition) is 1. The summed E-state index contributed by atoms with van der Waals surface area (Å²) in [5.41, 5.74) is 2.76. The third kappa shape index (κ3) is 5.16. The Kier molecular flexibility index (Phi) is 7.20. The SMILES string of the molecule is Cc1nc(CCc2cn(Cc3ccc(F)c(C(F)(F)F)c3)nn2)cc2c1NC(=O)[C@H](C)N2C.S. The first-order valence-corrected chi connectivity index (χ1v) is 10.3. The fraction of sp³-hybridized carbons (Fsp3) is 0.364. The van der Waals surface area contributed by atoms with E-state index in [1.807, 2.05) is 31.9 Å². The van der Waals surface area contributed by atoms with Crippen LogP contribution in [-0.2, 0) is 30.4 Å². The molecule has 0 bridgehead atoms. The van der Waals surface area contributed by atoms with Gasteiger partial charge in [-0.05, 0) is 50.5 Å². The molecule has 1 atom stereocenters. The second kappa shape index (κ2) is 9.61. The van der Waals surface area contributed by atoms with Gasteiger partial charge in [-0.15, -0.1) is 5.10 Å². The predicted octanol–water partition coefficient (Wildman–Crippen LogP) is 3.86. The fourth-order valence-electron chi connectivity index (χ4n) is 3.75. The van der Waals surface area contributed by atoms with Crippen molar-refractivity contribution in [2.75, 3.05) is 17.3 Å². The number of nitrogens with zero attached hydrogens (tertiary/aromatic N) is 5. The van der Waals surface area contributed by atoms with Crippen LogP contribution in [0.3, 0.4) is 0 Å². The summed E-state index contributed by atoms with van der Waals surface area (Å²) in [5.74, 6) is -1.39. The molecule has 4 rings (SSSR count). The second-order valence-electron chi connectivity index (χ2n) is 8.09. The first-order chi connectivity index (χ1) is 15.5. The maximum atomic E-state index is 13.5. The van der Waals surface area contributed by atoms with Crippen LogP contribution in [0.1, 0.15) is 35.1 Å². The fourth-order valence-corrected chi connectivity index (χ4v) is 3.75. The van der Waals surface area contributed by atoms with Gasteiger partial charge in [0.15, 0.2) is 0 Å². The summed E-state index contributed by atoms with van der Waals surface area (Å²) in [4.78, 5) is 18.5. The monoisotopic (exact) mass is 496 g/mol. The quantitative estimate of drug-likeness (QED) is 0.543. The molecular formula is C22H24F4N6OS. The Balaban J connectivity index is 0.00000324. The van der Waals surface area contributed by atoms with E-state index in [2.05, 4.69) is 20.6 Å². The predicted molar refractivity (Wildman–Crippen MR) is 124 cm³/mol. The smallest absolute Gasteiger partial charge is 0.361 e. The van der Waals surface area contributed by atoms with Gasteiger partial charge in [0.05, 0.1) is 34.9 Å². The summed E-state index contributed by atoms with van der Waals surface area (Å²) < 4.78 is 53.7. The van der Waals surface area contributed by atoms with Crippen LogP contribution in [-0.4, -0.2) is 39.0 Å². The molecule has 3 aromatic rings. The van der Waals surface area contributed by atoms with Crippen LogP contribution in [0.5, 0.6) is 0 Å². The minimum atomic E-state index is -4.76. The molecule has 0 radical (unpaired) electrons. The normalized spacial score (nSPS) is 15.6. The molecule has 1 aliphatic rings. The number of nitrogens with one attached hydrogen (secondary N) is 1. The second-order valence-corrected chi connectivity index (χ2v) is 8.09. The highest BCUT2D eigenvalue weighted by Crippen LogP contribution is 2.34. The number of alkyl halides is 3. The number of aryl methyl sites for hydroxylation is 3. The summed E-state index contributed by atoms with van der Waals surface area (Å²) >= 11 is 0. The Morgan fingerprint density at radius 3 is 2.56 bits per heavy atom. The zero-order valence-electron chi connectivity index (χ0n) is 18.7. The number of likely N-dealkylation sites (N-methyl/N-ethyl adjacent to an activating group) is 1. The largest absolute Gasteiger partial charge is 0.419 e. The van der Waals surface area contributed by atoms with Gasteiger partial charge >= 0.3 is 6.18 Å². The van der Waals surface area contributed by atoms with E-state index < -0.39 is 17.6 Å². The van der Waals surface area contributed by atoms with Gasteiger partial charge in [0, 0.05) is 18.9 Å². The molecule has 0 saturated carbocycles. The third-order valence-electron chi connectivity index (χ3n) is 5.73. The van der Waals surface area contributed by atoms with Crippen LogP contribution in [0, 0.1) is 12.7 Å². The van der Waals surface area contributed by atoms with Crippen LogP contribution in [0.4, 0.5) is 28.9 Å². The van der Waals surface area contributed by atoms with Gasteiger partial charge in [0.25, 0.3) is 0 Å². The van der Waals surface area contributed by atoms with Crippen molar-refractivity contribution in [3.05, 3.63) is 64.5 Å². The molecule has 1 amide bonds. The average molecular weight is 497 g/mol. The standard InChI is InChI=1S/C22H22F4N6O.H2S/c1-12-20-19(31(3)13(2)21(33)28-20)9-15(27-12)5-6-16-11-32(30-29-16)10-14-4-7-18(23)17(8-14)22(24,25)26;/h4,7-9,11,13H,5-6,10H2,1-3H3,(H,28,33);1H2/t13-;/m0./s1. The van der Waals surface area contributed by atoms with Crippen molar-refractivity contribution in [3.63, 3.8) is 0 Å². The molecule has 0 saturated heterocycles. The molecule has 7 nitrogen and oxygen atoms in total. The van der Waals surface area contributed by atoms with Gasteiger partial charge in [0.1, 0.15) is 11.9 Å². The van der Waals surface area contributed by atoms with E-state index in [0.29, 0.717) is 24.2 Å². The van der Waals surface area contributed by atoms with Crippen LogP contribution in [0.2, 0.25) is 0 Å². The van der Waals surface area contributed by atoms with Gasteiger partial charge in [-0.2, -0.15) is 26.7 Å². The van der Waals surface area contributed by atoms with Gasteiger partial charge in [-0.25, -0.2) is 9.07 Å². The third-order valence-corrected chi connectivity index (χ3v) is 5.73. The van der Waals surface area contributed by atoms with Gasteiger partial charge in [-0.3, -0.25) is 9.78 Å². The number of carbonyl (C=O) groups is 1. The molecule has 34 heavy (non-hydrogen) atoms. The highest BCUT2D eigenvalue weighted by atomic mass is 32.1. The minimum absolute atomic E-state index is 0. The number of anilines is 2. The Hall–Kier alpha value is -3.15. The summed E-state index contributed by atoms with van der Waals surface area (Å²) in [5, 5.41) is 10.9. The van der Waals surface area contributed by atoms with E-state index in [0.717, 1.165) is 29.2 Å². The molecule has 1 aromatic carbocycles. The van der Waals surface area contributed by atoms with Gasteiger partial charge < -0.3 is 10.2 Å². The van der Waals surface area contributed by atoms with Crippen molar-refractivity contribution in [2.45, 2.75) is 45.5 Å². The number of rotatable bonds is 5. The molecule has 0 fully saturated rings. The molecule has 0 aliphatic carbocycles. The summed E-state index contributed by atoms with van der Waals surface area (Å²) in [6.07, 6.45) is -2.02. The Labute approximate surface area is 200 Å². The molecule has 0 spiro atoms. The number of amides is 1. The summed E-state index contributed by atoms with van der Waals surface area (Å²) in [6, 6.07) is 4.52. The molecular weight excluding hydrogens is 472 g/mol. The highest BCUT2D eigenvalue weighted by Gasteiger charge is 2.34. The van der Waals surface area contributed by atoms with Crippen molar-refractivity contribution < 1.29 is 22.4 Å². The molecule has 0 unspecified atom stereocenters. The topological polar surface area (TPSA) is 75.9 Å². The number of carbonyl (C=O) groups excluding carboxylic acids is 1. The first kappa shape index (κ1) is 25.5. The number of pyridine rings is 1. The van der Waals surface area contributed by atoms with Gasteiger partial charge in [0.2, 0.25) is 5.91 Å². The lowest BCUT2D eigenvalue weighted by Crippen LogP contribution is -2.44.